The number of hydrogen-bond acceptors (Lipinski definition) is 5. The van der Waals surface area contributed by atoms with E-state index < -0.39 is 6.04 Å². The molecule has 6 heteroatoms. The van der Waals surface area contributed by atoms with E-state index in [1.165, 1.54) is 4.90 Å². The van der Waals surface area contributed by atoms with E-state index >= 15 is 0 Å². The first-order chi connectivity index (χ1) is 12.1. The summed E-state index contributed by atoms with van der Waals surface area (Å²) in [6.45, 7) is 2.67. The van der Waals surface area contributed by atoms with Gasteiger partial charge in [0.1, 0.15) is 0 Å². The fourth-order valence-electron chi connectivity index (χ4n) is 3.05. The van der Waals surface area contributed by atoms with Crippen LogP contribution in [0.15, 0.2) is 42.5 Å². The van der Waals surface area contributed by atoms with Crippen molar-refractivity contribution in [2.24, 2.45) is 0 Å². The van der Waals surface area contributed by atoms with E-state index in [-0.39, 0.29) is 25.0 Å². The van der Waals surface area contributed by atoms with Crippen LogP contribution in [0.5, 0.6) is 11.5 Å². The first-order valence-corrected chi connectivity index (χ1v) is 8.17. The minimum atomic E-state index is -0.515. The van der Waals surface area contributed by atoms with Crippen molar-refractivity contribution in [1.29, 1.82) is 0 Å². The number of nitrogens with zero attached hydrogens (tertiary/aromatic N) is 1. The van der Waals surface area contributed by atoms with E-state index in [2.05, 4.69) is 5.32 Å². The average molecular weight is 338 g/mol. The maximum atomic E-state index is 12.6. The van der Waals surface area contributed by atoms with E-state index in [1.54, 1.807) is 12.1 Å². The number of aryl methyl sites for hydroxylation is 1. The van der Waals surface area contributed by atoms with Crippen molar-refractivity contribution in [2.45, 2.75) is 25.9 Å². The van der Waals surface area contributed by atoms with Gasteiger partial charge in [-0.2, -0.15) is 0 Å². The van der Waals surface area contributed by atoms with Crippen LogP contribution < -0.4 is 19.7 Å². The standard InChI is InChI=1S/C19H18N2O4/c1-12-2-5-14(6-3-12)21-18(22)9-15(19(21)23)20-10-13-4-7-16-17(8-13)25-11-24-16/h2-8,15,20H,9-11H2,1H3. The fraction of sp³-hybridized carbons (Fsp3) is 0.263. The van der Waals surface area contributed by atoms with Crippen molar-refractivity contribution in [2.75, 3.05) is 11.7 Å². The molecule has 0 aliphatic carbocycles. The molecule has 128 valence electrons. The van der Waals surface area contributed by atoms with Crippen LogP contribution in [-0.4, -0.2) is 24.6 Å². The second kappa shape index (κ2) is 6.22. The van der Waals surface area contributed by atoms with Gasteiger partial charge in [0.25, 0.3) is 5.91 Å². The summed E-state index contributed by atoms with van der Waals surface area (Å²) in [7, 11) is 0. The lowest BCUT2D eigenvalue weighted by molar-refractivity contribution is -0.121. The monoisotopic (exact) mass is 338 g/mol. The summed E-state index contributed by atoms with van der Waals surface area (Å²) < 4.78 is 10.6. The summed E-state index contributed by atoms with van der Waals surface area (Å²) >= 11 is 0. The molecule has 1 atom stereocenters. The number of anilines is 1. The Labute approximate surface area is 145 Å². The van der Waals surface area contributed by atoms with Crippen molar-refractivity contribution in [3.8, 4) is 11.5 Å². The smallest absolute Gasteiger partial charge is 0.251 e. The maximum Gasteiger partial charge on any atom is 0.251 e. The van der Waals surface area contributed by atoms with Gasteiger partial charge in [-0.1, -0.05) is 23.8 Å². The normalized spacial score (nSPS) is 18.9. The molecule has 1 unspecified atom stereocenters. The zero-order valence-corrected chi connectivity index (χ0v) is 13.8. The molecule has 25 heavy (non-hydrogen) atoms. The molecule has 0 spiro atoms. The third-order valence-corrected chi connectivity index (χ3v) is 4.43. The van der Waals surface area contributed by atoms with Crippen LogP contribution in [0.2, 0.25) is 0 Å². The van der Waals surface area contributed by atoms with E-state index in [0.29, 0.717) is 18.0 Å². The SMILES string of the molecule is Cc1ccc(N2C(=O)CC(NCc3ccc4c(c3)OCO4)C2=O)cc1. The van der Waals surface area contributed by atoms with Gasteiger partial charge in [-0.3, -0.25) is 9.59 Å². The van der Waals surface area contributed by atoms with Crippen molar-refractivity contribution in [1.82, 2.24) is 5.32 Å². The van der Waals surface area contributed by atoms with Crippen LogP contribution >= 0.6 is 0 Å². The molecule has 2 aliphatic rings. The number of fused-ring (bicyclic) bond motifs is 1. The molecule has 0 radical (unpaired) electrons. The van der Waals surface area contributed by atoms with Crippen molar-refractivity contribution in [3.05, 3.63) is 53.6 Å². The molecule has 4 rings (SSSR count). The predicted molar refractivity (Wildman–Crippen MR) is 91.5 cm³/mol. The van der Waals surface area contributed by atoms with Gasteiger partial charge in [0.15, 0.2) is 11.5 Å². The van der Waals surface area contributed by atoms with E-state index in [4.69, 9.17) is 9.47 Å². The number of amides is 2. The largest absolute Gasteiger partial charge is 0.454 e. The Balaban J connectivity index is 1.44. The molecule has 2 aromatic carbocycles. The van der Waals surface area contributed by atoms with Gasteiger partial charge in [-0.15, -0.1) is 0 Å². The van der Waals surface area contributed by atoms with Gasteiger partial charge in [-0.05, 0) is 36.8 Å². The minimum absolute atomic E-state index is 0.164. The van der Waals surface area contributed by atoms with Crippen molar-refractivity contribution >= 4 is 17.5 Å². The summed E-state index contributed by atoms with van der Waals surface area (Å²) in [6, 6.07) is 12.5. The first-order valence-electron chi connectivity index (χ1n) is 8.17. The molecule has 0 aromatic heterocycles. The van der Waals surface area contributed by atoms with Gasteiger partial charge < -0.3 is 14.8 Å². The molecule has 1 fully saturated rings. The van der Waals surface area contributed by atoms with Crippen molar-refractivity contribution < 1.29 is 19.1 Å². The maximum absolute atomic E-state index is 12.6. The van der Waals surface area contributed by atoms with Crippen LogP contribution in [0.4, 0.5) is 5.69 Å². The van der Waals surface area contributed by atoms with Gasteiger partial charge in [0, 0.05) is 6.54 Å². The van der Waals surface area contributed by atoms with Gasteiger partial charge in [0.05, 0.1) is 18.2 Å². The summed E-state index contributed by atoms with van der Waals surface area (Å²) in [5, 5.41) is 3.17. The Morgan fingerprint density at radius 1 is 1.08 bits per heavy atom. The molecule has 2 aromatic rings. The summed E-state index contributed by atoms with van der Waals surface area (Å²) in [5.74, 6) is 1.03. The second-order valence-electron chi connectivity index (χ2n) is 6.23. The van der Waals surface area contributed by atoms with Gasteiger partial charge in [-0.25, -0.2) is 4.90 Å². The highest BCUT2D eigenvalue weighted by Gasteiger charge is 2.39. The van der Waals surface area contributed by atoms with Gasteiger partial charge in [0.2, 0.25) is 12.7 Å². The average Bonchev–Trinajstić information content (AvgIpc) is 3.18. The predicted octanol–water partition coefficient (Wildman–Crippen LogP) is 2.15. The van der Waals surface area contributed by atoms with E-state index in [0.717, 1.165) is 16.9 Å². The molecule has 0 saturated carbocycles. The van der Waals surface area contributed by atoms with E-state index in [9.17, 15) is 9.59 Å². The molecule has 2 heterocycles. The highest BCUT2D eigenvalue weighted by Crippen LogP contribution is 2.32. The van der Waals surface area contributed by atoms with E-state index in [1.807, 2.05) is 37.3 Å². The fourth-order valence-corrected chi connectivity index (χ4v) is 3.05. The van der Waals surface area contributed by atoms with Crippen LogP contribution in [0, 0.1) is 6.92 Å². The molecule has 6 nitrogen and oxygen atoms in total. The number of rotatable bonds is 4. The summed E-state index contributed by atoms with van der Waals surface area (Å²) in [4.78, 5) is 26.1. The minimum Gasteiger partial charge on any atom is -0.454 e. The third-order valence-electron chi connectivity index (χ3n) is 4.43. The topological polar surface area (TPSA) is 67.9 Å². The molecule has 1 N–H and O–H groups in total. The molecular formula is C19H18N2O4. The number of carbonyl (C=O) groups excluding carboxylic acids is 2. The first kappa shape index (κ1) is 15.7. The lowest BCUT2D eigenvalue weighted by Gasteiger charge is -2.16. The Hall–Kier alpha value is -2.86. The Bertz CT molecular complexity index is 832. The summed E-state index contributed by atoms with van der Waals surface area (Å²) in [6.07, 6.45) is 0.164. The molecule has 1 saturated heterocycles. The number of carbonyl (C=O) groups is 2. The van der Waals surface area contributed by atoms with Crippen LogP contribution in [-0.2, 0) is 16.1 Å². The highest BCUT2D eigenvalue weighted by atomic mass is 16.7. The Morgan fingerprint density at radius 3 is 2.64 bits per heavy atom. The number of ether oxygens (including phenoxy) is 2. The zero-order chi connectivity index (χ0) is 17.4. The van der Waals surface area contributed by atoms with Crippen molar-refractivity contribution in [3.63, 3.8) is 0 Å². The third kappa shape index (κ3) is 2.96. The zero-order valence-electron chi connectivity index (χ0n) is 13.8. The second-order valence-corrected chi connectivity index (χ2v) is 6.23. The van der Waals surface area contributed by atoms with Crippen LogP contribution in [0.1, 0.15) is 17.5 Å². The lowest BCUT2D eigenvalue weighted by atomic mass is 10.1. The Kier molecular flexibility index (Phi) is 3.89. The lowest BCUT2D eigenvalue weighted by Crippen LogP contribution is -2.38. The molecule has 2 amide bonds. The molecule has 0 bridgehead atoms. The van der Waals surface area contributed by atoms with Crippen LogP contribution in [0.25, 0.3) is 0 Å². The molecular weight excluding hydrogens is 320 g/mol. The number of nitrogens with one attached hydrogen (secondary N) is 1. The van der Waals surface area contributed by atoms with Crippen LogP contribution in [0.3, 0.4) is 0 Å². The highest BCUT2D eigenvalue weighted by molar-refractivity contribution is 6.22. The van der Waals surface area contributed by atoms with Gasteiger partial charge >= 0.3 is 0 Å². The molecule has 2 aliphatic heterocycles. The quantitative estimate of drug-likeness (QED) is 0.865. The Morgan fingerprint density at radius 2 is 1.84 bits per heavy atom. The number of benzene rings is 2. The number of hydrogen-bond donors (Lipinski definition) is 1. The summed E-state index contributed by atoms with van der Waals surface area (Å²) in [5.41, 5.74) is 2.67. The number of imide groups is 1.